The molecular formula is C26H27FN4OS. The van der Waals surface area contributed by atoms with Crippen molar-refractivity contribution in [3.8, 4) is 11.1 Å². The van der Waals surface area contributed by atoms with Gasteiger partial charge >= 0.3 is 0 Å². The number of aromatic nitrogens is 2. The minimum absolute atomic E-state index is 0.101. The van der Waals surface area contributed by atoms with Gasteiger partial charge in [0.05, 0.1) is 12.7 Å². The predicted octanol–water partition coefficient (Wildman–Crippen LogP) is 4.57. The Morgan fingerprint density at radius 3 is 2.67 bits per heavy atom. The molecule has 1 aromatic heterocycles. The van der Waals surface area contributed by atoms with Crippen molar-refractivity contribution in [2.75, 3.05) is 23.0 Å². The second kappa shape index (κ2) is 7.99. The van der Waals surface area contributed by atoms with Crippen LogP contribution in [0.25, 0.3) is 11.1 Å². The summed E-state index contributed by atoms with van der Waals surface area (Å²) in [7, 11) is 1.84. The molecule has 0 bridgehead atoms. The Labute approximate surface area is 197 Å². The first-order chi connectivity index (χ1) is 16.1. The maximum Gasteiger partial charge on any atom is 0.252 e. The molecular weight excluding hydrogens is 435 g/mol. The maximum absolute atomic E-state index is 15.2. The molecule has 3 aliphatic rings. The highest BCUT2D eigenvalue weighted by Crippen LogP contribution is 2.53. The third-order valence-electron chi connectivity index (χ3n) is 7.50. The average Bonchev–Trinajstić information content (AvgIpc) is 3.35. The number of thioether (sulfide) groups is 1. The second-order valence-electron chi connectivity index (χ2n) is 9.26. The number of likely N-dealkylation sites (tertiary alicyclic amines) is 1. The van der Waals surface area contributed by atoms with E-state index >= 15 is 4.39 Å². The van der Waals surface area contributed by atoms with Crippen LogP contribution in [-0.4, -0.2) is 44.7 Å². The fourth-order valence-electron chi connectivity index (χ4n) is 5.73. The summed E-state index contributed by atoms with van der Waals surface area (Å²) < 4.78 is 16.9. The van der Waals surface area contributed by atoms with Crippen LogP contribution in [0.3, 0.4) is 0 Å². The van der Waals surface area contributed by atoms with Gasteiger partial charge in [0.15, 0.2) is 0 Å². The first-order valence-corrected chi connectivity index (χ1v) is 12.8. The molecule has 5 nitrogen and oxygen atoms in total. The molecule has 1 atom stereocenters. The fraction of sp³-hybridized carbons (Fsp3) is 0.385. The molecule has 1 amide bonds. The SMILES string of the molecule is Cn1cc(-c2ccc(CN3C(=O)C4(CCN4C4CCSCC4)c4ccccc43)c(F)c2)cn1. The summed E-state index contributed by atoms with van der Waals surface area (Å²) in [5.74, 6) is 2.12. The maximum atomic E-state index is 15.2. The minimum atomic E-state index is -0.574. The van der Waals surface area contributed by atoms with Crippen LogP contribution in [0, 0.1) is 5.82 Å². The van der Waals surface area contributed by atoms with Crippen molar-refractivity contribution in [2.45, 2.75) is 37.4 Å². The number of nitrogens with zero attached hydrogens (tertiary/aromatic N) is 4. The number of para-hydroxylation sites is 1. The molecule has 1 unspecified atom stereocenters. The molecule has 1 spiro atoms. The number of hydrogen-bond donors (Lipinski definition) is 0. The Hall–Kier alpha value is -2.64. The first kappa shape index (κ1) is 20.9. The predicted molar refractivity (Wildman–Crippen MR) is 130 cm³/mol. The molecule has 3 aliphatic heterocycles. The van der Waals surface area contributed by atoms with Crippen LogP contribution in [0.1, 0.15) is 30.4 Å². The summed E-state index contributed by atoms with van der Waals surface area (Å²) in [6, 6.07) is 13.8. The molecule has 0 N–H and O–H groups in total. The van der Waals surface area contributed by atoms with Crippen LogP contribution < -0.4 is 4.90 Å². The van der Waals surface area contributed by atoms with Gasteiger partial charge in [-0.2, -0.15) is 16.9 Å². The number of carbonyl (C=O) groups is 1. The third-order valence-corrected chi connectivity index (χ3v) is 8.54. The summed E-state index contributed by atoms with van der Waals surface area (Å²) in [5, 5.41) is 4.18. The van der Waals surface area contributed by atoms with E-state index in [2.05, 4.69) is 16.1 Å². The number of anilines is 1. The van der Waals surface area contributed by atoms with Gasteiger partial charge in [0.25, 0.3) is 5.91 Å². The standard InChI is InChI=1S/C26H27FN4OS/c1-29-16-20(15-28-29)18-6-7-19(23(27)14-18)17-30-24-5-3-2-4-22(24)26(25(30)32)10-11-31(26)21-8-12-33-13-9-21/h2-7,14-16,21H,8-13,17H2,1H3. The van der Waals surface area contributed by atoms with Gasteiger partial charge in [-0.3, -0.25) is 14.4 Å². The third kappa shape index (κ3) is 3.24. The zero-order chi connectivity index (χ0) is 22.6. The van der Waals surface area contributed by atoms with Gasteiger partial charge in [0.1, 0.15) is 11.4 Å². The van der Waals surface area contributed by atoms with E-state index in [-0.39, 0.29) is 18.3 Å². The molecule has 2 saturated heterocycles. The highest BCUT2D eigenvalue weighted by Gasteiger charge is 2.60. The van der Waals surface area contributed by atoms with Crippen molar-refractivity contribution in [1.82, 2.24) is 14.7 Å². The molecule has 7 heteroatoms. The smallest absolute Gasteiger partial charge is 0.252 e. The molecule has 2 aromatic carbocycles. The molecule has 0 aliphatic carbocycles. The molecule has 0 radical (unpaired) electrons. The Balaban J connectivity index is 1.32. The zero-order valence-corrected chi connectivity index (χ0v) is 19.5. The van der Waals surface area contributed by atoms with Crippen LogP contribution in [0.15, 0.2) is 54.9 Å². The van der Waals surface area contributed by atoms with Crippen molar-refractivity contribution < 1.29 is 9.18 Å². The number of halogens is 1. The van der Waals surface area contributed by atoms with Crippen molar-refractivity contribution in [3.63, 3.8) is 0 Å². The van der Waals surface area contributed by atoms with Crippen molar-refractivity contribution in [1.29, 1.82) is 0 Å². The number of hydrogen-bond acceptors (Lipinski definition) is 4. The Morgan fingerprint density at radius 1 is 1.15 bits per heavy atom. The van der Waals surface area contributed by atoms with Gasteiger partial charge in [0, 0.05) is 48.2 Å². The van der Waals surface area contributed by atoms with Gasteiger partial charge in [-0.15, -0.1) is 0 Å². The topological polar surface area (TPSA) is 41.4 Å². The number of amides is 1. The van der Waals surface area contributed by atoms with Gasteiger partial charge in [-0.25, -0.2) is 4.39 Å². The summed E-state index contributed by atoms with van der Waals surface area (Å²) in [6.45, 7) is 1.20. The van der Waals surface area contributed by atoms with E-state index in [1.807, 2.05) is 49.3 Å². The van der Waals surface area contributed by atoms with E-state index in [0.29, 0.717) is 11.6 Å². The summed E-state index contributed by atoms with van der Waals surface area (Å²) >= 11 is 2.00. The van der Waals surface area contributed by atoms with E-state index in [1.165, 1.54) is 0 Å². The molecule has 4 heterocycles. The largest absolute Gasteiger partial charge is 0.306 e. The number of benzene rings is 2. The number of fused-ring (bicyclic) bond motifs is 2. The van der Waals surface area contributed by atoms with E-state index in [9.17, 15) is 4.79 Å². The van der Waals surface area contributed by atoms with Crippen LogP contribution >= 0.6 is 11.8 Å². The lowest BCUT2D eigenvalue weighted by Gasteiger charge is -2.54. The van der Waals surface area contributed by atoms with Crippen LogP contribution in [-0.2, 0) is 23.9 Å². The van der Waals surface area contributed by atoms with E-state index in [0.717, 1.165) is 59.7 Å². The Bertz CT molecular complexity index is 1220. The lowest BCUT2D eigenvalue weighted by molar-refractivity contribution is -0.144. The molecule has 170 valence electrons. The number of carbonyl (C=O) groups excluding carboxylic acids is 1. The normalized spacial score (nSPS) is 23.2. The van der Waals surface area contributed by atoms with Crippen molar-refractivity contribution in [2.24, 2.45) is 7.05 Å². The van der Waals surface area contributed by atoms with Gasteiger partial charge in [0.2, 0.25) is 0 Å². The van der Waals surface area contributed by atoms with E-state index in [1.54, 1.807) is 27.9 Å². The number of aryl methyl sites for hydroxylation is 1. The van der Waals surface area contributed by atoms with Crippen molar-refractivity contribution in [3.05, 3.63) is 71.8 Å². The molecule has 0 saturated carbocycles. The second-order valence-corrected chi connectivity index (χ2v) is 10.5. The summed E-state index contributed by atoms with van der Waals surface area (Å²) in [4.78, 5) is 18.2. The van der Waals surface area contributed by atoms with Crippen LogP contribution in [0.5, 0.6) is 0 Å². The Morgan fingerprint density at radius 2 is 1.97 bits per heavy atom. The fourth-order valence-corrected chi connectivity index (χ4v) is 6.82. The van der Waals surface area contributed by atoms with Gasteiger partial charge in [-0.05, 0) is 48.5 Å². The van der Waals surface area contributed by atoms with Gasteiger partial charge in [-0.1, -0.05) is 30.3 Å². The van der Waals surface area contributed by atoms with Crippen LogP contribution in [0.2, 0.25) is 0 Å². The lowest BCUT2D eigenvalue weighted by Crippen LogP contribution is -2.65. The van der Waals surface area contributed by atoms with Crippen LogP contribution in [0.4, 0.5) is 10.1 Å². The molecule has 2 fully saturated rings. The quantitative estimate of drug-likeness (QED) is 0.570. The van der Waals surface area contributed by atoms with E-state index < -0.39 is 5.54 Å². The lowest BCUT2D eigenvalue weighted by atomic mass is 9.77. The highest BCUT2D eigenvalue weighted by atomic mass is 32.2. The monoisotopic (exact) mass is 462 g/mol. The molecule has 33 heavy (non-hydrogen) atoms. The minimum Gasteiger partial charge on any atom is -0.306 e. The average molecular weight is 463 g/mol. The summed E-state index contributed by atoms with van der Waals surface area (Å²) in [6.07, 6.45) is 6.70. The Kier molecular flexibility index (Phi) is 5.07. The zero-order valence-electron chi connectivity index (χ0n) is 18.7. The van der Waals surface area contributed by atoms with Crippen molar-refractivity contribution >= 4 is 23.4 Å². The van der Waals surface area contributed by atoms with Gasteiger partial charge < -0.3 is 4.90 Å². The first-order valence-electron chi connectivity index (χ1n) is 11.6. The van der Waals surface area contributed by atoms with E-state index in [4.69, 9.17) is 0 Å². The molecule has 6 rings (SSSR count). The molecule has 3 aromatic rings. The summed E-state index contributed by atoms with van der Waals surface area (Å²) in [5.41, 5.74) is 3.63. The number of rotatable bonds is 4. The highest BCUT2D eigenvalue weighted by molar-refractivity contribution is 7.99.